The summed E-state index contributed by atoms with van der Waals surface area (Å²) in [5.41, 5.74) is -0.402. The number of likely N-dealkylation sites (tertiary alicyclic amines) is 1. The molecule has 2 N–H and O–H groups in total. The highest BCUT2D eigenvalue weighted by atomic mass is 16.3. The van der Waals surface area contributed by atoms with E-state index < -0.39 is 5.60 Å². The Hall–Kier alpha value is -0.120. The van der Waals surface area contributed by atoms with E-state index in [1.54, 1.807) is 0 Å². The molecule has 0 aromatic rings. The molecule has 1 unspecified atom stereocenters. The molecule has 4 saturated carbocycles. The van der Waals surface area contributed by atoms with Crippen LogP contribution in [0.5, 0.6) is 0 Å². The second-order valence-electron chi connectivity index (χ2n) is 9.29. The van der Waals surface area contributed by atoms with Gasteiger partial charge in [-0.15, -0.1) is 0 Å². The predicted molar refractivity (Wildman–Crippen MR) is 94.4 cm³/mol. The Labute approximate surface area is 142 Å². The molecule has 0 spiro atoms. The van der Waals surface area contributed by atoms with Crippen molar-refractivity contribution >= 4 is 0 Å². The van der Waals surface area contributed by atoms with Crippen molar-refractivity contribution in [1.29, 1.82) is 0 Å². The van der Waals surface area contributed by atoms with Crippen LogP contribution in [0.1, 0.15) is 64.7 Å². The summed E-state index contributed by atoms with van der Waals surface area (Å²) in [5, 5.41) is 15.1. The molecule has 23 heavy (non-hydrogen) atoms. The van der Waals surface area contributed by atoms with Crippen molar-refractivity contribution in [2.75, 3.05) is 26.2 Å². The summed E-state index contributed by atoms with van der Waals surface area (Å²) < 4.78 is 0. The quantitative estimate of drug-likeness (QED) is 0.817. The van der Waals surface area contributed by atoms with Crippen LogP contribution in [0.15, 0.2) is 0 Å². The van der Waals surface area contributed by atoms with Crippen LogP contribution in [0, 0.1) is 23.7 Å². The number of hydrogen-bond acceptors (Lipinski definition) is 3. The Morgan fingerprint density at radius 3 is 2.09 bits per heavy atom. The Bertz CT molecular complexity index is 374. The molecule has 0 aromatic heterocycles. The third-order valence-electron chi connectivity index (χ3n) is 7.52. The lowest BCUT2D eigenvalue weighted by atomic mass is 9.50. The normalized spacial score (nSPS) is 45.1. The molecule has 4 aliphatic carbocycles. The fourth-order valence-corrected chi connectivity index (χ4v) is 6.40. The Kier molecular flexibility index (Phi) is 4.73. The molecule has 4 bridgehead atoms. The molecule has 5 aliphatic rings. The molecule has 0 radical (unpaired) electrons. The van der Waals surface area contributed by atoms with Gasteiger partial charge in [0.25, 0.3) is 0 Å². The fourth-order valence-electron chi connectivity index (χ4n) is 6.40. The van der Waals surface area contributed by atoms with Crippen LogP contribution in [0.2, 0.25) is 0 Å². The van der Waals surface area contributed by atoms with Gasteiger partial charge in [-0.1, -0.05) is 12.8 Å². The number of nitrogens with zero attached hydrogens (tertiary/aromatic N) is 1. The maximum Gasteiger partial charge on any atom is 0.0827 e. The van der Waals surface area contributed by atoms with Crippen LogP contribution in [0.3, 0.4) is 0 Å². The number of rotatable bonds is 5. The van der Waals surface area contributed by atoms with E-state index >= 15 is 0 Å². The summed E-state index contributed by atoms with van der Waals surface area (Å²) in [5.74, 6) is 3.04. The highest BCUT2D eigenvalue weighted by Gasteiger charge is 2.56. The molecule has 132 valence electrons. The Morgan fingerprint density at radius 2 is 1.52 bits per heavy atom. The van der Waals surface area contributed by atoms with Crippen molar-refractivity contribution in [2.24, 2.45) is 23.7 Å². The van der Waals surface area contributed by atoms with Gasteiger partial charge < -0.3 is 15.3 Å². The molecule has 1 heterocycles. The minimum atomic E-state index is -0.402. The molecule has 1 atom stereocenters. The maximum atomic E-state index is 11.4. The smallest absolute Gasteiger partial charge is 0.0827 e. The van der Waals surface area contributed by atoms with Crippen LogP contribution in [0.4, 0.5) is 0 Å². The van der Waals surface area contributed by atoms with Gasteiger partial charge in [0, 0.05) is 19.1 Å². The van der Waals surface area contributed by atoms with E-state index in [2.05, 4.69) is 17.1 Å². The topological polar surface area (TPSA) is 35.5 Å². The number of aliphatic hydroxyl groups is 1. The van der Waals surface area contributed by atoms with Gasteiger partial charge in [-0.2, -0.15) is 0 Å². The van der Waals surface area contributed by atoms with Crippen LogP contribution in [0.25, 0.3) is 0 Å². The van der Waals surface area contributed by atoms with Gasteiger partial charge >= 0.3 is 0 Å². The van der Waals surface area contributed by atoms with Crippen LogP contribution in [-0.4, -0.2) is 47.8 Å². The molecule has 5 fully saturated rings. The summed E-state index contributed by atoms with van der Waals surface area (Å²) >= 11 is 0. The second-order valence-corrected chi connectivity index (χ2v) is 9.29. The van der Waals surface area contributed by atoms with Gasteiger partial charge in [0.2, 0.25) is 0 Å². The van der Waals surface area contributed by atoms with E-state index in [1.807, 2.05) is 0 Å². The fraction of sp³-hybridized carbons (Fsp3) is 1.00. The minimum absolute atomic E-state index is 0.402. The first-order chi connectivity index (χ1) is 11.1. The Balaban J connectivity index is 1.29. The lowest BCUT2D eigenvalue weighted by Crippen LogP contribution is -2.62. The van der Waals surface area contributed by atoms with E-state index in [9.17, 15) is 5.11 Å². The van der Waals surface area contributed by atoms with Gasteiger partial charge in [0.05, 0.1) is 5.60 Å². The van der Waals surface area contributed by atoms with Gasteiger partial charge in [-0.05, 0) is 88.6 Å². The van der Waals surface area contributed by atoms with Gasteiger partial charge in [0.1, 0.15) is 0 Å². The van der Waals surface area contributed by atoms with Gasteiger partial charge in [-0.25, -0.2) is 0 Å². The maximum absolute atomic E-state index is 11.4. The standard InChI is InChI=1S/C20H36N2O/c1-15(13-22-6-4-2-3-5-7-22)21-14-20(23)18-9-16-8-17(11-18)12-19(20)10-16/h15-19,21,23H,2-14H2,1H3. The molecule has 1 saturated heterocycles. The summed E-state index contributed by atoms with van der Waals surface area (Å²) in [6.07, 6.45) is 12.2. The lowest BCUT2D eigenvalue weighted by Gasteiger charge is -2.59. The average molecular weight is 321 g/mol. The first kappa shape index (κ1) is 16.4. The molecular formula is C20H36N2O. The summed E-state index contributed by atoms with van der Waals surface area (Å²) in [6.45, 7) is 6.83. The number of hydrogen-bond donors (Lipinski definition) is 2. The van der Waals surface area contributed by atoms with Crippen molar-refractivity contribution in [3.8, 4) is 0 Å². The number of nitrogens with one attached hydrogen (secondary N) is 1. The Morgan fingerprint density at radius 1 is 0.957 bits per heavy atom. The zero-order valence-corrected chi connectivity index (χ0v) is 15.0. The van der Waals surface area contributed by atoms with Crippen molar-refractivity contribution in [3.63, 3.8) is 0 Å². The van der Waals surface area contributed by atoms with Crippen LogP contribution in [-0.2, 0) is 0 Å². The average Bonchev–Trinajstić information content (AvgIpc) is 2.79. The van der Waals surface area contributed by atoms with Crippen LogP contribution >= 0.6 is 0 Å². The zero-order valence-electron chi connectivity index (χ0n) is 15.0. The highest BCUT2D eigenvalue weighted by Crippen LogP contribution is 2.58. The predicted octanol–water partition coefficient (Wildman–Crippen LogP) is 3.03. The van der Waals surface area contributed by atoms with Crippen molar-refractivity contribution in [3.05, 3.63) is 0 Å². The third-order valence-corrected chi connectivity index (χ3v) is 7.52. The van der Waals surface area contributed by atoms with Crippen molar-refractivity contribution in [1.82, 2.24) is 10.2 Å². The molecule has 0 amide bonds. The molecule has 3 heteroatoms. The second kappa shape index (κ2) is 6.65. The van der Waals surface area contributed by atoms with Crippen molar-refractivity contribution in [2.45, 2.75) is 76.4 Å². The van der Waals surface area contributed by atoms with E-state index in [0.29, 0.717) is 17.9 Å². The van der Waals surface area contributed by atoms with E-state index in [0.717, 1.165) is 24.9 Å². The van der Waals surface area contributed by atoms with Gasteiger partial charge in [0.15, 0.2) is 0 Å². The van der Waals surface area contributed by atoms with Gasteiger partial charge in [-0.3, -0.25) is 0 Å². The largest absolute Gasteiger partial charge is 0.388 e. The molecule has 3 nitrogen and oxygen atoms in total. The van der Waals surface area contributed by atoms with Crippen molar-refractivity contribution < 1.29 is 5.11 Å². The van der Waals surface area contributed by atoms with E-state index in [1.165, 1.54) is 70.9 Å². The summed E-state index contributed by atoms with van der Waals surface area (Å²) in [7, 11) is 0. The third kappa shape index (κ3) is 3.34. The minimum Gasteiger partial charge on any atom is -0.388 e. The molecule has 1 aliphatic heterocycles. The van der Waals surface area contributed by atoms with E-state index in [4.69, 9.17) is 0 Å². The molecular weight excluding hydrogens is 284 g/mol. The monoisotopic (exact) mass is 320 g/mol. The zero-order chi connectivity index (χ0) is 15.9. The lowest BCUT2D eigenvalue weighted by molar-refractivity contribution is -0.170. The summed E-state index contributed by atoms with van der Waals surface area (Å²) in [6, 6.07) is 0.495. The summed E-state index contributed by atoms with van der Waals surface area (Å²) in [4.78, 5) is 2.63. The molecule has 0 aromatic carbocycles. The van der Waals surface area contributed by atoms with Crippen LogP contribution < -0.4 is 5.32 Å². The first-order valence-corrected chi connectivity index (χ1v) is 10.3. The first-order valence-electron chi connectivity index (χ1n) is 10.3. The highest BCUT2D eigenvalue weighted by molar-refractivity contribution is 5.08. The SMILES string of the molecule is CC(CN1CCCCCC1)NCC1(O)C2CC3CC(C2)CC1C3. The van der Waals surface area contributed by atoms with E-state index in [-0.39, 0.29) is 0 Å². The molecule has 5 rings (SSSR count).